The number of nitrogens with zero attached hydrogens (tertiary/aromatic N) is 3. The predicted molar refractivity (Wildman–Crippen MR) is 59.0 cm³/mol. The van der Waals surface area contributed by atoms with E-state index in [4.69, 9.17) is 16.8 Å². The Morgan fingerprint density at radius 3 is 2.82 bits per heavy atom. The molecule has 17 heavy (non-hydrogen) atoms. The molecule has 0 saturated heterocycles. The van der Waals surface area contributed by atoms with Crippen LogP contribution in [0.4, 0.5) is 0 Å². The van der Waals surface area contributed by atoms with Gasteiger partial charge in [-0.1, -0.05) is 0 Å². The standard InChI is InChI=1S/C10H9ClIN3O2/c1-7-5-8(12-15(16)17)6-9(11)10(7)14-4-2-3-13-14/h2-6,16H,1H3/q-2. The molecule has 1 N–H and O–H groups in total. The van der Waals surface area contributed by atoms with Gasteiger partial charge in [0.15, 0.2) is 0 Å². The fraction of sp³-hybridized carbons (Fsp3) is 0.100. The van der Waals surface area contributed by atoms with Gasteiger partial charge in [-0.25, -0.2) is 0 Å². The number of hydrogen-bond donors (Lipinski definition) is 1. The molecule has 0 atom stereocenters. The Hall–Kier alpha value is -0.670. The van der Waals surface area contributed by atoms with Crippen LogP contribution in [-0.4, -0.2) is 18.4 Å². The molecule has 0 amide bonds. The van der Waals surface area contributed by atoms with E-state index < -0.39 is 21.5 Å². The topological polar surface area (TPSA) is 64.3 Å². The number of hydrogen-bond acceptors (Lipinski definition) is 4. The van der Waals surface area contributed by atoms with Crippen LogP contribution in [0, 0.1) is 15.7 Å². The second kappa shape index (κ2) is 5.32. The second-order valence-electron chi connectivity index (χ2n) is 3.31. The molecule has 0 aliphatic rings. The Bertz CT molecular complexity index is 493. The van der Waals surface area contributed by atoms with Gasteiger partial charge in [-0.05, 0) is 0 Å². The molecule has 2 aromatic rings. The van der Waals surface area contributed by atoms with Crippen molar-refractivity contribution < 1.29 is 26.7 Å². The molecular weight excluding hydrogens is 356 g/mol. The summed E-state index contributed by atoms with van der Waals surface area (Å²) in [6, 6.07) is 5.35. The second-order valence-corrected chi connectivity index (χ2v) is 6.28. The first-order valence-corrected chi connectivity index (χ1v) is 7.11. The molecule has 92 valence electrons. The molecular formula is C10H9ClIN3O2-2. The zero-order valence-corrected chi connectivity index (χ0v) is 11.8. The Kier molecular flexibility index (Phi) is 4.00. The van der Waals surface area contributed by atoms with Gasteiger partial charge in [-0.2, -0.15) is 0 Å². The van der Waals surface area contributed by atoms with Gasteiger partial charge in [0.25, 0.3) is 0 Å². The van der Waals surface area contributed by atoms with Crippen LogP contribution in [0.25, 0.3) is 5.69 Å². The van der Waals surface area contributed by atoms with E-state index in [1.807, 2.05) is 19.1 Å². The van der Waals surface area contributed by atoms with Crippen LogP contribution in [0.15, 0.2) is 30.6 Å². The Balaban J connectivity index is 2.43. The summed E-state index contributed by atoms with van der Waals surface area (Å²) in [5.74, 6) is 0. The van der Waals surface area contributed by atoms with Crippen molar-refractivity contribution in [2.45, 2.75) is 6.92 Å². The molecule has 0 unspecified atom stereocenters. The van der Waals surface area contributed by atoms with Crippen LogP contribution in [0.2, 0.25) is 5.02 Å². The molecule has 1 heterocycles. The summed E-state index contributed by atoms with van der Waals surface area (Å²) in [5, 5.41) is 24.0. The van der Waals surface area contributed by atoms with Crippen LogP contribution in [0.3, 0.4) is 0 Å². The molecule has 0 spiro atoms. The van der Waals surface area contributed by atoms with Crippen molar-refractivity contribution in [3.63, 3.8) is 0 Å². The maximum atomic E-state index is 10.6. The van der Waals surface area contributed by atoms with Gasteiger partial charge in [0.1, 0.15) is 0 Å². The summed E-state index contributed by atoms with van der Waals surface area (Å²) >= 11 is 5.05. The van der Waals surface area contributed by atoms with Crippen molar-refractivity contribution in [3.8, 4) is 5.69 Å². The first-order chi connectivity index (χ1) is 8.08. The Morgan fingerprint density at radius 2 is 2.29 bits per heavy atom. The third-order valence-corrected chi connectivity index (χ3v) is 4.00. The predicted octanol–water partition coefficient (Wildman–Crippen LogP) is -0.803. The van der Waals surface area contributed by atoms with E-state index in [1.54, 1.807) is 23.1 Å². The van der Waals surface area contributed by atoms with Crippen molar-refractivity contribution in [1.29, 1.82) is 0 Å². The van der Waals surface area contributed by atoms with Gasteiger partial charge in [-0.15, -0.1) is 0 Å². The minimum absolute atomic E-state index is 0.0163. The Morgan fingerprint density at radius 1 is 1.53 bits per heavy atom. The van der Waals surface area contributed by atoms with Gasteiger partial charge in [0.05, 0.1) is 0 Å². The molecule has 0 saturated carbocycles. The average molecular weight is 366 g/mol. The van der Waals surface area contributed by atoms with Gasteiger partial charge in [0, 0.05) is 0 Å². The van der Waals surface area contributed by atoms with E-state index in [1.165, 1.54) is 0 Å². The van der Waals surface area contributed by atoms with E-state index in [0.717, 1.165) is 14.8 Å². The van der Waals surface area contributed by atoms with Crippen molar-refractivity contribution in [2.24, 2.45) is 0 Å². The van der Waals surface area contributed by atoms with E-state index in [-0.39, 0.29) is 3.44 Å². The third kappa shape index (κ3) is 2.96. The van der Waals surface area contributed by atoms with Crippen LogP contribution >= 0.6 is 11.6 Å². The Labute approximate surface area is 114 Å². The van der Waals surface area contributed by atoms with Crippen LogP contribution in [0.5, 0.6) is 0 Å². The number of benzene rings is 1. The number of aromatic nitrogens is 2. The first-order valence-electron chi connectivity index (χ1n) is 4.69. The molecule has 1 aromatic heterocycles. The van der Waals surface area contributed by atoms with Crippen molar-refractivity contribution in [1.82, 2.24) is 13.2 Å². The molecule has 5 nitrogen and oxygen atoms in total. The fourth-order valence-electron chi connectivity index (χ4n) is 1.52. The monoisotopic (exact) mass is 365 g/mol. The summed E-state index contributed by atoms with van der Waals surface area (Å²) < 4.78 is 2.42. The molecule has 0 bridgehead atoms. The molecule has 0 aliphatic heterocycles. The van der Waals surface area contributed by atoms with E-state index in [9.17, 15) is 5.21 Å². The molecule has 1 aromatic carbocycles. The van der Waals surface area contributed by atoms with Gasteiger partial charge in [-0.3, -0.25) is 0 Å². The van der Waals surface area contributed by atoms with E-state index in [0.29, 0.717) is 5.02 Å². The van der Waals surface area contributed by atoms with E-state index >= 15 is 0 Å². The summed E-state index contributed by atoms with van der Waals surface area (Å²) in [5.41, 5.74) is 1.71. The molecule has 2 rings (SSSR count). The summed E-state index contributed by atoms with van der Waals surface area (Å²) in [6.07, 6.45) is 3.47. The number of halogens is 2. The average Bonchev–Trinajstić information content (AvgIpc) is 2.68. The van der Waals surface area contributed by atoms with Crippen LogP contribution < -0.4 is 21.5 Å². The quantitative estimate of drug-likeness (QED) is 0.439. The van der Waals surface area contributed by atoms with Crippen LogP contribution in [0.1, 0.15) is 5.56 Å². The van der Waals surface area contributed by atoms with Crippen molar-refractivity contribution in [3.05, 3.63) is 50.0 Å². The maximum absolute atomic E-state index is 10.6. The fourth-order valence-corrected chi connectivity index (χ4v) is 3.59. The normalized spacial score (nSPS) is 11.4. The third-order valence-electron chi connectivity index (χ3n) is 2.12. The molecule has 0 aliphatic carbocycles. The van der Waals surface area contributed by atoms with Crippen molar-refractivity contribution in [2.75, 3.05) is 0 Å². The zero-order valence-electron chi connectivity index (χ0n) is 8.84. The zero-order chi connectivity index (χ0) is 12.4. The van der Waals surface area contributed by atoms with Crippen molar-refractivity contribution >= 4 is 11.6 Å². The molecule has 0 radical (unpaired) electrons. The summed E-state index contributed by atoms with van der Waals surface area (Å²) in [7, 11) is 0. The molecule has 7 heteroatoms. The minimum atomic E-state index is -1.12. The number of rotatable bonds is 3. The number of aryl methyl sites for hydroxylation is 1. The summed E-state index contributed by atoms with van der Waals surface area (Å²) in [4.78, 5) is 0. The first kappa shape index (κ1) is 12.8. The van der Waals surface area contributed by atoms with E-state index in [2.05, 4.69) is 5.10 Å². The molecule has 0 fully saturated rings. The summed E-state index contributed by atoms with van der Waals surface area (Å²) in [6.45, 7) is 1.89. The SMILES string of the molecule is Cc1cc([I-]N([O-])O)cc(Cl)c1-n1cccn1. The van der Waals surface area contributed by atoms with Gasteiger partial charge in [0.2, 0.25) is 0 Å². The van der Waals surface area contributed by atoms with Gasteiger partial charge >= 0.3 is 114 Å². The van der Waals surface area contributed by atoms with Gasteiger partial charge < -0.3 is 0 Å². The van der Waals surface area contributed by atoms with Crippen LogP contribution in [-0.2, 0) is 0 Å².